The van der Waals surface area contributed by atoms with Gasteiger partial charge in [-0.2, -0.15) is 0 Å². The first kappa shape index (κ1) is 23.7. The number of para-hydroxylation sites is 1. The van der Waals surface area contributed by atoms with Crippen molar-refractivity contribution in [3.8, 4) is 17.2 Å². The summed E-state index contributed by atoms with van der Waals surface area (Å²) in [4.78, 5) is 12.4. The van der Waals surface area contributed by atoms with Crippen LogP contribution < -0.4 is 24.8 Å². The lowest BCUT2D eigenvalue weighted by Gasteiger charge is -2.11. The maximum atomic E-state index is 12.4. The van der Waals surface area contributed by atoms with Gasteiger partial charge in [0, 0.05) is 17.4 Å². The summed E-state index contributed by atoms with van der Waals surface area (Å²) in [5.41, 5.74) is 2.61. The molecule has 4 aromatic carbocycles. The second kappa shape index (κ2) is 12.7. The molecule has 178 valence electrons. The third-order valence-corrected chi connectivity index (χ3v) is 5.04. The summed E-state index contributed by atoms with van der Waals surface area (Å²) >= 11 is 0. The predicted molar refractivity (Wildman–Crippen MR) is 138 cm³/mol. The van der Waals surface area contributed by atoms with Gasteiger partial charge in [-0.1, -0.05) is 54.6 Å². The first-order valence-electron chi connectivity index (χ1n) is 11.5. The lowest BCUT2D eigenvalue weighted by Crippen LogP contribution is -2.21. The minimum Gasteiger partial charge on any atom is -0.490 e. The number of carbonyl (C=O) groups is 1. The van der Waals surface area contributed by atoms with Crippen LogP contribution in [0.2, 0.25) is 0 Å². The van der Waals surface area contributed by atoms with E-state index in [1.54, 1.807) is 0 Å². The van der Waals surface area contributed by atoms with Gasteiger partial charge in [-0.15, -0.1) is 0 Å². The van der Waals surface area contributed by atoms with E-state index in [1.165, 1.54) is 0 Å². The van der Waals surface area contributed by atoms with Crippen molar-refractivity contribution in [1.82, 2.24) is 0 Å². The second-order valence-corrected chi connectivity index (χ2v) is 7.74. The Bertz CT molecular complexity index is 1180. The fourth-order valence-electron chi connectivity index (χ4n) is 3.29. The molecule has 0 heterocycles. The molecule has 0 atom stereocenters. The topological polar surface area (TPSA) is 68.8 Å². The van der Waals surface area contributed by atoms with Crippen LogP contribution in [0.25, 0.3) is 0 Å². The van der Waals surface area contributed by atoms with Crippen molar-refractivity contribution in [1.29, 1.82) is 0 Å². The number of benzene rings is 4. The molecule has 4 rings (SSSR count). The van der Waals surface area contributed by atoms with Crippen LogP contribution in [0.5, 0.6) is 17.2 Å². The SMILES string of the molecule is O=C(CNc1cccc(OCCOc2ccccc2)c1)Nc1ccc(OCc2ccccc2)cc1. The molecule has 0 aliphatic rings. The zero-order chi connectivity index (χ0) is 24.1. The van der Waals surface area contributed by atoms with Crippen molar-refractivity contribution in [2.24, 2.45) is 0 Å². The lowest BCUT2D eigenvalue weighted by molar-refractivity contribution is -0.114. The van der Waals surface area contributed by atoms with E-state index in [2.05, 4.69) is 10.6 Å². The minimum atomic E-state index is -0.148. The Kier molecular flexibility index (Phi) is 8.60. The fourth-order valence-corrected chi connectivity index (χ4v) is 3.29. The average molecular weight is 469 g/mol. The molecule has 0 fully saturated rings. The van der Waals surface area contributed by atoms with E-state index in [0.717, 1.165) is 22.7 Å². The Hall–Kier alpha value is -4.45. The van der Waals surface area contributed by atoms with Crippen molar-refractivity contribution in [3.63, 3.8) is 0 Å². The highest BCUT2D eigenvalue weighted by molar-refractivity contribution is 5.93. The molecular weight excluding hydrogens is 440 g/mol. The molecule has 0 aliphatic carbocycles. The molecule has 0 radical (unpaired) electrons. The number of ether oxygens (including phenoxy) is 3. The Morgan fingerprint density at radius 2 is 1.23 bits per heavy atom. The van der Waals surface area contributed by atoms with Crippen LogP contribution in [0.4, 0.5) is 11.4 Å². The Morgan fingerprint density at radius 1 is 0.600 bits per heavy atom. The number of nitrogens with one attached hydrogen (secondary N) is 2. The molecule has 0 aliphatic heterocycles. The number of rotatable bonds is 12. The van der Waals surface area contributed by atoms with Gasteiger partial charge in [0.25, 0.3) is 0 Å². The molecule has 0 saturated heterocycles. The predicted octanol–water partition coefficient (Wildman–Crippen LogP) is 5.77. The molecule has 0 aromatic heterocycles. The largest absolute Gasteiger partial charge is 0.490 e. The van der Waals surface area contributed by atoms with Gasteiger partial charge < -0.3 is 24.8 Å². The summed E-state index contributed by atoms with van der Waals surface area (Å²) < 4.78 is 17.2. The monoisotopic (exact) mass is 468 g/mol. The van der Waals surface area contributed by atoms with Crippen LogP contribution in [-0.4, -0.2) is 25.7 Å². The third-order valence-electron chi connectivity index (χ3n) is 5.04. The molecule has 0 bridgehead atoms. The molecule has 1 amide bonds. The molecule has 6 nitrogen and oxygen atoms in total. The van der Waals surface area contributed by atoms with Crippen LogP contribution in [0.3, 0.4) is 0 Å². The maximum absolute atomic E-state index is 12.4. The molecular formula is C29H28N2O4. The molecule has 6 heteroatoms. The minimum absolute atomic E-state index is 0.132. The van der Waals surface area contributed by atoms with E-state index < -0.39 is 0 Å². The van der Waals surface area contributed by atoms with Gasteiger partial charge in [-0.25, -0.2) is 0 Å². The number of anilines is 2. The van der Waals surface area contributed by atoms with Gasteiger partial charge in [-0.05, 0) is 54.1 Å². The Morgan fingerprint density at radius 3 is 1.97 bits per heavy atom. The van der Waals surface area contributed by atoms with Crippen LogP contribution in [0.1, 0.15) is 5.56 Å². The first-order valence-corrected chi connectivity index (χ1v) is 11.5. The van der Waals surface area contributed by atoms with Crippen molar-refractivity contribution in [2.45, 2.75) is 6.61 Å². The average Bonchev–Trinajstić information content (AvgIpc) is 2.91. The summed E-state index contributed by atoms with van der Waals surface area (Å²) in [5.74, 6) is 2.12. The van der Waals surface area contributed by atoms with Crippen molar-refractivity contribution in [2.75, 3.05) is 30.4 Å². The molecule has 0 saturated carbocycles. The Labute approximate surface area is 205 Å². The van der Waals surface area contributed by atoms with Gasteiger partial charge in [0.2, 0.25) is 5.91 Å². The van der Waals surface area contributed by atoms with E-state index in [1.807, 2.05) is 109 Å². The fraction of sp³-hybridized carbons (Fsp3) is 0.138. The molecule has 0 spiro atoms. The normalized spacial score (nSPS) is 10.3. The van der Waals surface area contributed by atoms with Gasteiger partial charge in [0.15, 0.2) is 0 Å². The van der Waals surface area contributed by atoms with Gasteiger partial charge in [-0.3, -0.25) is 4.79 Å². The van der Waals surface area contributed by atoms with Crippen LogP contribution in [0, 0.1) is 0 Å². The van der Waals surface area contributed by atoms with E-state index in [-0.39, 0.29) is 12.5 Å². The summed E-state index contributed by atoms with van der Waals surface area (Å²) in [6.07, 6.45) is 0. The smallest absolute Gasteiger partial charge is 0.243 e. The quantitative estimate of drug-likeness (QED) is 0.258. The highest BCUT2D eigenvalue weighted by Crippen LogP contribution is 2.19. The summed E-state index contributed by atoms with van der Waals surface area (Å²) in [7, 11) is 0. The van der Waals surface area contributed by atoms with Crippen molar-refractivity contribution < 1.29 is 19.0 Å². The zero-order valence-corrected chi connectivity index (χ0v) is 19.4. The van der Waals surface area contributed by atoms with Crippen LogP contribution in [0.15, 0.2) is 109 Å². The van der Waals surface area contributed by atoms with E-state index in [9.17, 15) is 4.79 Å². The van der Waals surface area contributed by atoms with Gasteiger partial charge in [0.05, 0.1) is 6.54 Å². The highest BCUT2D eigenvalue weighted by Gasteiger charge is 2.04. The molecule has 4 aromatic rings. The van der Waals surface area contributed by atoms with Crippen LogP contribution >= 0.6 is 0 Å². The zero-order valence-electron chi connectivity index (χ0n) is 19.4. The van der Waals surface area contributed by atoms with Gasteiger partial charge >= 0.3 is 0 Å². The van der Waals surface area contributed by atoms with Crippen molar-refractivity contribution in [3.05, 3.63) is 115 Å². The number of hydrogen-bond donors (Lipinski definition) is 2. The highest BCUT2D eigenvalue weighted by atomic mass is 16.5. The maximum Gasteiger partial charge on any atom is 0.243 e. The Balaban J connectivity index is 1.17. The summed E-state index contributed by atoms with van der Waals surface area (Å²) in [5, 5.41) is 6.00. The van der Waals surface area contributed by atoms with Gasteiger partial charge in [0.1, 0.15) is 37.1 Å². The number of amides is 1. The number of hydrogen-bond acceptors (Lipinski definition) is 5. The van der Waals surface area contributed by atoms with Crippen molar-refractivity contribution >= 4 is 17.3 Å². The second-order valence-electron chi connectivity index (χ2n) is 7.74. The molecule has 35 heavy (non-hydrogen) atoms. The van der Waals surface area contributed by atoms with E-state index >= 15 is 0 Å². The first-order chi connectivity index (χ1) is 17.2. The summed E-state index contributed by atoms with van der Waals surface area (Å²) in [6, 6.07) is 34.4. The lowest BCUT2D eigenvalue weighted by atomic mass is 10.2. The molecule has 0 unspecified atom stereocenters. The van der Waals surface area contributed by atoms with Crippen LogP contribution in [-0.2, 0) is 11.4 Å². The van der Waals surface area contributed by atoms with E-state index in [4.69, 9.17) is 14.2 Å². The number of carbonyl (C=O) groups excluding carboxylic acids is 1. The van der Waals surface area contributed by atoms with E-state index in [0.29, 0.717) is 31.3 Å². The molecule has 2 N–H and O–H groups in total. The summed E-state index contributed by atoms with van der Waals surface area (Å²) in [6.45, 7) is 1.50. The third kappa shape index (κ3) is 8.12. The standard InChI is InChI=1S/C29H28N2O4/c32-29(31-24-14-16-27(17-15-24)35-22-23-8-3-1-4-9-23)21-30-25-10-7-13-28(20-25)34-19-18-33-26-11-5-2-6-12-26/h1-17,20,30H,18-19,21-22H2,(H,31,32).